The Hall–Kier alpha value is -2.80. The van der Waals surface area contributed by atoms with Gasteiger partial charge in [0, 0.05) is 31.7 Å². The number of fused-ring (bicyclic) bond motifs is 1. The Balaban J connectivity index is 1.71. The van der Waals surface area contributed by atoms with Crippen molar-refractivity contribution in [3.8, 4) is 11.4 Å². The topological polar surface area (TPSA) is 78.0 Å². The van der Waals surface area contributed by atoms with Crippen LogP contribution in [0.2, 0.25) is 0 Å². The van der Waals surface area contributed by atoms with Gasteiger partial charge in [0.25, 0.3) is 5.56 Å². The number of benzene rings is 1. The van der Waals surface area contributed by atoms with Gasteiger partial charge in [0.1, 0.15) is 11.6 Å². The summed E-state index contributed by atoms with van der Waals surface area (Å²) in [5.41, 5.74) is 2.56. The molecule has 3 aromatic rings. The molecule has 146 valence electrons. The fourth-order valence-electron chi connectivity index (χ4n) is 3.36. The molecule has 0 aliphatic carbocycles. The minimum absolute atomic E-state index is 0.0750. The monoisotopic (exact) mass is 378 g/mol. The summed E-state index contributed by atoms with van der Waals surface area (Å²) in [6.45, 7) is 10.3. The van der Waals surface area contributed by atoms with Gasteiger partial charge < -0.3 is 14.8 Å². The zero-order chi connectivity index (χ0) is 19.9. The molecule has 1 fully saturated rings. The number of nitrogens with one attached hydrogen (secondary N) is 1. The van der Waals surface area contributed by atoms with E-state index in [2.05, 4.69) is 69.7 Å². The van der Waals surface area contributed by atoms with Crippen LogP contribution < -0.4 is 10.5 Å². The molecule has 28 heavy (non-hydrogen) atoms. The third kappa shape index (κ3) is 3.62. The lowest BCUT2D eigenvalue weighted by Gasteiger charge is -2.32. The van der Waals surface area contributed by atoms with Gasteiger partial charge in [-0.05, 0) is 18.0 Å². The van der Waals surface area contributed by atoms with Gasteiger partial charge in [-0.3, -0.25) is 4.79 Å². The summed E-state index contributed by atoms with van der Waals surface area (Å²) >= 11 is 0. The van der Waals surface area contributed by atoms with Gasteiger partial charge in [0.15, 0.2) is 11.2 Å². The molecule has 1 saturated heterocycles. The standard InChI is InChI=1S/C21H26N6O/c1-21(2,3)15-7-5-14(6-8-15)18-24-19-17(20(28)25-18)22-13-16(23-19)27-11-9-26(4)10-12-27/h5-8,13H,9-12H2,1-4H3,(H,23,24,25,28). The number of aromatic nitrogens is 4. The summed E-state index contributed by atoms with van der Waals surface area (Å²) in [7, 11) is 2.11. The lowest BCUT2D eigenvalue weighted by Crippen LogP contribution is -2.44. The zero-order valence-electron chi connectivity index (χ0n) is 16.9. The lowest BCUT2D eigenvalue weighted by atomic mass is 9.87. The number of anilines is 1. The maximum atomic E-state index is 12.5. The summed E-state index contributed by atoms with van der Waals surface area (Å²) in [6, 6.07) is 8.13. The van der Waals surface area contributed by atoms with E-state index in [1.54, 1.807) is 6.20 Å². The summed E-state index contributed by atoms with van der Waals surface area (Å²) in [6.07, 6.45) is 1.67. The molecule has 1 aliphatic heterocycles. The van der Waals surface area contributed by atoms with E-state index in [-0.39, 0.29) is 16.5 Å². The summed E-state index contributed by atoms with van der Waals surface area (Å²) < 4.78 is 0. The number of hydrogen-bond acceptors (Lipinski definition) is 6. The van der Waals surface area contributed by atoms with Gasteiger partial charge in [-0.1, -0.05) is 45.0 Å². The molecule has 7 nitrogen and oxygen atoms in total. The van der Waals surface area contributed by atoms with E-state index in [4.69, 9.17) is 0 Å². The Labute approximate surface area is 164 Å². The SMILES string of the molecule is CN1CCN(c2cnc3c(=O)[nH]c(-c4ccc(C(C)(C)C)cc4)nc3n2)CC1. The molecular weight excluding hydrogens is 352 g/mol. The van der Waals surface area contributed by atoms with Crippen LogP contribution in [-0.2, 0) is 5.41 Å². The van der Waals surface area contributed by atoms with Crippen molar-refractivity contribution in [1.82, 2.24) is 24.8 Å². The molecule has 0 amide bonds. The Morgan fingerprint density at radius 1 is 1.00 bits per heavy atom. The average molecular weight is 378 g/mol. The molecule has 4 rings (SSSR count). The summed E-state index contributed by atoms with van der Waals surface area (Å²) in [4.78, 5) is 33.4. The molecule has 0 saturated carbocycles. The minimum Gasteiger partial charge on any atom is -0.353 e. The first-order valence-corrected chi connectivity index (χ1v) is 9.63. The van der Waals surface area contributed by atoms with Crippen molar-refractivity contribution in [3.05, 3.63) is 46.4 Å². The molecular formula is C21H26N6O. The number of hydrogen-bond donors (Lipinski definition) is 1. The zero-order valence-corrected chi connectivity index (χ0v) is 16.9. The van der Waals surface area contributed by atoms with Crippen LogP contribution in [0, 0.1) is 0 Å². The Kier molecular flexibility index (Phi) is 4.63. The van der Waals surface area contributed by atoms with Gasteiger partial charge in [-0.15, -0.1) is 0 Å². The van der Waals surface area contributed by atoms with Crippen LogP contribution in [0.5, 0.6) is 0 Å². The van der Waals surface area contributed by atoms with Crippen molar-refractivity contribution >= 4 is 17.0 Å². The molecule has 0 bridgehead atoms. The van der Waals surface area contributed by atoms with Crippen molar-refractivity contribution < 1.29 is 0 Å². The fraction of sp³-hybridized carbons (Fsp3) is 0.429. The van der Waals surface area contributed by atoms with E-state index in [9.17, 15) is 4.79 Å². The van der Waals surface area contributed by atoms with Gasteiger partial charge in [0.2, 0.25) is 0 Å². The highest BCUT2D eigenvalue weighted by Crippen LogP contribution is 2.25. The smallest absolute Gasteiger partial charge is 0.279 e. The third-order valence-corrected chi connectivity index (χ3v) is 5.26. The van der Waals surface area contributed by atoms with E-state index in [0.717, 1.165) is 37.6 Å². The number of nitrogens with zero attached hydrogens (tertiary/aromatic N) is 5. The second-order valence-corrected chi connectivity index (χ2v) is 8.43. The van der Waals surface area contributed by atoms with Crippen molar-refractivity contribution in [2.24, 2.45) is 0 Å². The predicted molar refractivity (Wildman–Crippen MR) is 112 cm³/mol. The Morgan fingerprint density at radius 2 is 1.68 bits per heavy atom. The number of aromatic amines is 1. The average Bonchev–Trinajstić information content (AvgIpc) is 2.67. The van der Waals surface area contributed by atoms with Crippen LogP contribution in [0.15, 0.2) is 35.3 Å². The first-order chi connectivity index (χ1) is 13.3. The quantitative estimate of drug-likeness (QED) is 0.738. The van der Waals surface area contributed by atoms with E-state index in [1.165, 1.54) is 5.56 Å². The van der Waals surface area contributed by atoms with Crippen LogP contribution in [0.4, 0.5) is 5.82 Å². The Morgan fingerprint density at radius 3 is 2.32 bits per heavy atom. The van der Waals surface area contributed by atoms with Gasteiger partial charge >= 0.3 is 0 Å². The van der Waals surface area contributed by atoms with Gasteiger partial charge in [0.05, 0.1) is 6.20 Å². The molecule has 2 aromatic heterocycles. The van der Waals surface area contributed by atoms with Crippen molar-refractivity contribution in [2.45, 2.75) is 26.2 Å². The van der Waals surface area contributed by atoms with Crippen LogP contribution in [0.3, 0.4) is 0 Å². The molecule has 1 aliphatic rings. The molecule has 0 atom stereocenters. The molecule has 7 heteroatoms. The number of piperazine rings is 1. The normalized spacial score (nSPS) is 15.9. The number of rotatable bonds is 2. The van der Waals surface area contributed by atoms with Crippen molar-refractivity contribution in [2.75, 3.05) is 38.1 Å². The second-order valence-electron chi connectivity index (χ2n) is 8.43. The highest BCUT2D eigenvalue weighted by molar-refractivity contribution is 5.73. The maximum absolute atomic E-state index is 12.5. The molecule has 3 heterocycles. The molecule has 1 aromatic carbocycles. The number of H-pyrrole nitrogens is 1. The fourth-order valence-corrected chi connectivity index (χ4v) is 3.36. The van der Waals surface area contributed by atoms with Gasteiger partial charge in [-0.25, -0.2) is 15.0 Å². The van der Waals surface area contributed by atoms with E-state index >= 15 is 0 Å². The minimum atomic E-state index is -0.266. The highest BCUT2D eigenvalue weighted by atomic mass is 16.1. The molecule has 1 N–H and O–H groups in total. The van der Waals surface area contributed by atoms with E-state index in [0.29, 0.717) is 11.5 Å². The van der Waals surface area contributed by atoms with Crippen LogP contribution in [-0.4, -0.2) is 58.1 Å². The van der Waals surface area contributed by atoms with Crippen molar-refractivity contribution in [3.63, 3.8) is 0 Å². The van der Waals surface area contributed by atoms with E-state index < -0.39 is 0 Å². The Bertz CT molecular complexity index is 1040. The lowest BCUT2D eigenvalue weighted by molar-refractivity contribution is 0.312. The van der Waals surface area contributed by atoms with E-state index in [1.807, 2.05) is 12.1 Å². The van der Waals surface area contributed by atoms with Crippen molar-refractivity contribution in [1.29, 1.82) is 0 Å². The maximum Gasteiger partial charge on any atom is 0.279 e. The molecule has 0 spiro atoms. The van der Waals surface area contributed by atoms with Gasteiger partial charge in [-0.2, -0.15) is 0 Å². The first kappa shape index (κ1) is 18.6. The van der Waals surface area contributed by atoms with Crippen LogP contribution in [0.25, 0.3) is 22.6 Å². The summed E-state index contributed by atoms with van der Waals surface area (Å²) in [5, 5.41) is 0. The highest BCUT2D eigenvalue weighted by Gasteiger charge is 2.18. The predicted octanol–water partition coefficient (Wildman–Crippen LogP) is 2.43. The largest absolute Gasteiger partial charge is 0.353 e. The summed E-state index contributed by atoms with van der Waals surface area (Å²) in [5.74, 6) is 1.29. The second kappa shape index (κ2) is 6.98. The first-order valence-electron chi connectivity index (χ1n) is 9.63. The van der Waals surface area contributed by atoms with Crippen LogP contribution >= 0.6 is 0 Å². The molecule has 0 radical (unpaired) electrons. The third-order valence-electron chi connectivity index (χ3n) is 5.26. The molecule has 0 unspecified atom stereocenters. The van der Waals surface area contributed by atoms with Crippen LogP contribution in [0.1, 0.15) is 26.3 Å². The number of likely N-dealkylation sites (N-methyl/N-ethyl adjacent to an activating group) is 1.